The molecule has 1 N–H and O–H groups in total. The molecule has 1 fully saturated rings. The van der Waals surface area contributed by atoms with Gasteiger partial charge in [-0.1, -0.05) is 24.3 Å². The topological polar surface area (TPSA) is 66.8 Å². The molecular weight excluding hydrogens is 354 g/mol. The quantitative estimate of drug-likeness (QED) is 0.745. The molecule has 1 aliphatic rings. The maximum absolute atomic E-state index is 12.3. The van der Waals surface area contributed by atoms with Gasteiger partial charge in [0.2, 0.25) is 5.91 Å². The van der Waals surface area contributed by atoms with Gasteiger partial charge in [0.15, 0.2) is 0 Å². The molecule has 144 valence electrons. The SMILES string of the molecule is C=CCc1ccc(O)c(-c2ccc(OC(=O)N3CCCC3=O)c(CC=C)c2)c1. The van der Waals surface area contributed by atoms with Gasteiger partial charge in [-0.15, -0.1) is 13.2 Å². The summed E-state index contributed by atoms with van der Waals surface area (Å²) in [6.07, 6.45) is 5.08. The van der Waals surface area contributed by atoms with Crippen LogP contribution in [0.5, 0.6) is 11.5 Å². The Hall–Kier alpha value is -3.34. The number of imide groups is 1. The summed E-state index contributed by atoms with van der Waals surface area (Å²) in [4.78, 5) is 25.2. The minimum atomic E-state index is -0.656. The highest BCUT2D eigenvalue weighted by Gasteiger charge is 2.28. The van der Waals surface area contributed by atoms with E-state index in [1.165, 1.54) is 0 Å². The molecule has 1 aliphatic heterocycles. The number of phenols is 1. The number of allylic oxidation sites excluding steroid dienone is 2. The van der Waals surface area contributed by atoms with Gasteiger partial charge < -0.3 is 9.84 Å². The Morgan fingerprint density at radius 2 is 1.93 bits per heavy atom. The highest BCUT2D eigenvalue weighted by atomic mass is 16.6. The molecule has 0 spiro atoms. The lowest BCUT2D eigenvalue weighted by molar-refractivity contribution is -0.125. The monoisotopic (exact) mass is 377 g/mol. The summed E-state index contributed by atoms with van der Waals surface area (Å²) < 4.78 is 5.48. The summed E-state index contributed by atoms with van der Waals surface area (Å²) in [5.74, 6) is 0.343. The first-order chi connectivity index (χ1) is 13.5. The minimum Gasteiger partial charge on any atom is -0.507 e. The predicted octanol–water partition coefficient (Wildman–Crippen LogP) is 4.64. The summed E-state index contributed by atoms with van der Waals surface area (Å²) in [7, 11) is 0. The van der Waals surface area contributed by atoms with Gasteiger partial charge in [0.25, 0.3) is 0 Å². The number of carbonyl (C=O) groups excluding carboxylic acids is 2. The molecule has 1 saturated heterocycles. The van der Waals surface area contributed by atoms with Crippen LogP contribution in [-0.2, 0) is 17.6 Å². The molecule has 0 aromatic heterocycles. The second kappa shape index (κ2) is 8.57. The Morgan fingerprint density at radius 1 is 1.14 bits per heavy atom. The fraction of sp³-hybridized carbons (Fsp3) is 0.217. The van der Waals surface area contributed by atoms with Crippen LogP contribution in [0.15, 0.2) is 61.7 Å². The van der Waals surface area contributed by atoms with Gasteiger partial charge in [-0.25, -0.2) is 9.69 Å². The molecule has 5 nitrogen and oxygen atoms in total. The number of phenolic OH excluding ortho intramolecular Hbond substituents is 1. The van der Waals surface area contributed by atoms with E-state index in [-0.39, 0.29) is 11.7 Å². The van der Waals surface area contributed by atoms with Crippen molar-refractivity contribution in [1.29, 1.82) is 0 Å². The summed E-state index contributed by atoms with van der Waals surface area (Å²) >= 11 is 0. The fourth-order valence-electron chi connectivity index (χ4n) is 3.26. The Kier molecular flexibility index (Phi) is 5.94. The zero-order valence-corrected chi connectivity index (χ0v) is 15.7. The van der Waals surface area contributed by atoms with Crippen LogP contribution in [0.3, 0.4) is 0 Å². The zero-order valence-electron chi connectivity index (χ0n) is 15.7. The number of rotatable bonds is 6. The van der Waals surface area contributed by atoms with Crippen molar-refractivity contribution in [2.75, 3.05) is 6.54 Å². The number of aromatic hydroxyl groups is 1. The second-order valence-corrected chi connectivity index (χ2v) is 6.68. The average Bonchev–Trinajstić information content (AvgIpc) is 3.11. The van der Waals surface area contributed by atoms with Crippen LogP contribution < -0.4 is 4.74 Å². The number of likely N-dealkylation sites (tertiary alicyclic amines) is 1. The van der Waals surface area contributed by atoms with Crippen LogP contribution in [-0.4, -0.2) is 28.6 Å². The van der Waals surface area contributed by atoms with Crippen molar-refractivity contribution in [2.45, 2.75) is 25.7 Å². The lowest BCUT2D eigenvalue weighted by atomic mass is 9.97. The van der Waals surface area contributed by atoms with Gasteiger partial charge in [0, 0.05) is 18.5 Å². The van der Waals surface area contributed by atoms with E-state index >= 15 is 0 Å². The molecule has 3 rings (SSSR count). The predicted molar refractivity (Wildman–Crippen MR) is 108 cm³/mol. The van der Waals surface area contributed by atoms with Crippen molar-refractivity contribution in [3.8, 4) is 22.6 Å². The summed E-state index contributed by atoms with van der Waals surface area (Å²) in [6.45, 7) is 7.89. The molecule has 2 amide bonds. The smallest absolute Gasteiger partial charge is 0.421 e. The van der Waals surface area contributed by atoms with Gasteiger partial charge in [0.1, 0.15) is 11.5 Å². The maximum Gasteiger partial charge on any atom is 0.421 e. The Bertz CT molecular complexity index is 932. The number of amides is 2. The Labute approximate surface area is 164 Å². The highest BCUT2D eigenvalue weighted by molar-refractivity contribution is 5.94. The van der Waals surface area contributed by atoms with Crippen molar-refractivity contribution in [3.05, 3.63) is 72.8 Å². The molecule has 28 heavy (non-hydrogen) atoms. The molecule has 0 unspecified atom stereocenters. The molecule has 5 heteroatoms. The standard InChI is InChI=1S/C23H23NO4/c1-3-6-16-9-11-20(25)19(14-16)17-10-12-21(18(15-17)7-4-2)28-23(27)24-13-5-8-22(24)26/h3-4,9-12,14-15,25H,1-2,5-8,13H2. The van der Waals surface area contributed by atoms with E-state index < -0.39 is 6.09 Å². The van der Waals surface area contributed by atoms with E-state index in [2.05, 4.69) is 13.2 Å². The molecule has 0 bridgehead atoms. The lowest BCUT2D eigenvalue weighted by Gasteiger charge is -2.16. The molecule has 0 aliphatic carbocycles. The highest BCUT2D eigenvalue weighted by Crippen LogP contribution is 2.34. The Balaban J connectivity index is 1.92. The van der Waals surface area contributed by atoms with Gasteiger partial charge in [-0.2, -0.15) is 0 Å². The molecule has 0 saturated carbocycles. The van der Waals surface area contributed by atoms with Crippen LogP contribution in [0.4, 0.5) is 4.79 Å². The molecule has 0 atom stereocenters. The zero-order chi connectivity index (χ0) is 20.1. The average molecular weight is 377 g/mol. The van der Waals surface area contributed by atoms with Crippen molar-refractivity contribution in [1.82, 2.24) is 4.90 Å². The fourth-order valence-corrected chi connectivity index (χ4v) is 3.26. The van der Waals surface area contributed by atoms with Crippen LogP contribution in [0.25, 0.3) is 11.1 Å². The maximum atomic E-state index is 12.3. The van der Waals surface area contributed by atoms with Crippen LogP contribution in [0.1, 0.15) is 24.0 Å². The van der Waals surface area contributed by atoms with Gasteiger partial charge in [-0.05, 0) is 60.2 Å². The van der Waals surface area contributed by atoms with Crippen molar-refractivity contribution >= 4 is 12.0 Å². The van der Waals surface area contributed by atoms with E-state index in [1.807, 2.05) is 24.3 Å². The van der Waals surface area contributed by atoms with E-state index in [0.717, 1.165) is 21.6 Å². The number of ether oxygens (including phenoxy) is 1. The molecule has 2 aromatic rings. The number of benzene rings is 2. The van der Waals surface area contributed by atoms with E-state index in [9.17, 15) is 14.7 Å². The molecule has 0 radical (unpaired) electrons. The van der Waals surface area contributed by atoms with Gasteiger partial charge in [0.05, 0.1) is 0 Å². The van der Waals surface area contributed by atoms with Crippen LogP contribution >= 0.6 is 0 Å². The van der Waals surface area contributed by atoms with E-state index in [0.29, 0.717) is 43.5 Å². The minimum absolute atomic E-state index is 0.171. The molecule has 1 heterocycles. The third kappa shape index (κ3) is 4.14. The van der Waals surface area contributed by atoms with E-state index in [4.69, 9.17) is 4.74 Å². The van der Waals surface area contributed by atoms with Gasteiger partial charge >= 0.3 is 6.09 Å². The Morgan fingerprint density at radius 3 is 2.61 bits per heavy atom. The van der Waals surface area contributed by atoms with Crippen molar-refractivity contribution in [2.24, 2.45) is 0 Å². The van der Waals surface area contributed by atoms with Crippen LogP contribution in [0, 0.1) is 0 Å². The summed E-state index contributed by atoms with van der Waals surface area (Å²) in [6, 6.07) is 10.8. The van der Waals surface area contributed by atoms with Crippen LogP contribution in [0.2, 0.25) is 0 Å². The lowest BCUT2D eigenvalue weighted by Crippen LogP contribution is -2.34. The molecular formula is C23H23NO4. The van der Waals surface area contributed by atoms with Gasteiger partial charge in [-0.3, -0.25) is 4.79 Å². The first kappa shape index (κ1) is 19.4. The largest absolute Gasteiger partial charge is 0.507 e. The van der Waals surface area contributed by atoms with Crippen molar-refractivity contribution in [3.63, 3.8) is 0 Å². The normalized spacial score (nSPS) is 13.4. The third-order valence-electron chi connectivity index (χ3n) is 4.67. The summed E-state index contributed by atoms with van der Waals surface area (Å²) in [5, 5.41) is 10.3. The number of hydrogen-bond acceptors (Lipinski definition) is 4. The number of carbonyl (C=O) groups is 2. The summed E-state index contributed by atoms with van der Waals surface area (Å²) in [5.41, 5.74) is 3.28. The second-order valence-electron chi connectivity index (χ2n) is 6.68. The number of nitrogens with zero attached hydrogens (tertiary/aromatic N) is 1. The van der Waals surface area contributed by atoms with E-state index in [1.54, 1.807) is 24.3 Å². The van der Waals surface area contributed by atoms with Crippen molar-refractivity contribution < 1.29 is 19.4 Å². The molecule has 2 aromatic carbocycles. The first-order valence-corrected chi connectivity index (χ1v) is 9.22. The number of hydrogen-bond donors (Lipinski definition) is 1. The third-order valence-corrected chi connectivity index (χ3v) is 4.67. The first-order valence-electron chi connectivity index (χ1n) is 9.22.